The lowest BCUT2D eigenvalue weighted by atomic mass is 9.88. The number of nitrogens with zero attached hydrogens (tertiary/aromatic N) is 7. The summed E-state index contributed by atoms with van der Waals surface area (Å²) in [7, 11) is 0. The maximum absolute atomic E-state index is 16.7. The number of nitrogens with two attached hydrogens (primary N) is 2. The highest BCUT2D eigenvalue weighted by Gasteiger charge is 2.53. The number of hydrogen-bond donors (Lipinski definition) is 2. The van der Waals surface area contributed by atoms with Crippen molar-refractivity contribution in [2.45, 2.75) is 54.9 Å². The molecule has 0 bridgehead atoms. The molecule has 16 heteroatoms. The van der Waals surface area contributed by atoms with Crippen LogP contribution in [0.1, 0.15) is 53.8 Å². The second-order valence-electron chi connectivity index (χ2n) is 12.1. The van der Waals surface area contributed by atoms with Crippen molar-refractivity contribution in [3.8, 4) is 12.1 Å². The molecule has 4 N–H and O–H groups in total. The van der Waals surface area contributed by atoms with Gasteiger partial charge in [-0.15, -0.1) is 23.1 Å². The Kier molecular flexibility index (Phi) is 8.07. The van der Waals surface area contributed by atoms with Crippen molar-refractivity contribution in [2.75, 3.05) is 67.2 Å². The van der Waals surface area contributed by atoms with E-state index in [-0.39, 0.29) is 30.1 Å². The van der Waals surface area contributed by atoms with Crippen LogP contribution in [-0.4, -0.2) is 77.9 Å². The Morgan fingerprint density at radius 3 is 2.80 bits per heavy atom. The minimum atomic E-state index is -2.81. The molecule has 0 aromatic carbocycles. The van der Waals surface area contributed by atoms with Crippen molar-refractivity contribution in [3.63, 3.8) is 0 Å². The highest BCUT2D eigenvalue weighted by molar-refractivity contribution is 8.00. The summed E-state index contributed by atoms with van der Waals surface area (Å²) in [6.45, 7) is 4.01. The van der Waals surface area contributed by atoms with E-state index in [0.717, 1.165) is 42.8 Å². The van der Waals surface area contributed by atoms with Crippen molar-refractivity contribution in [1.82, 2.24) is 19.9 Å². The minimum absolute atomic E-state index is 0.0580. The number of ether oxygens (including phenoxy) is 2. The van der Waals surface area contributed by atoms with E-state index in [0.29, 0.717) is 41.6 Å². The van der Waals surface area contributed by atoms with E-state index in [1.165, 1.54) is 22.4 Å². The molecule has 11 nitrogen and oxygen atoms in total. The van der Waals surface area contributed by atoms with E-state index in [4.69, 9.17) is 20.9 Å². The predicted molar refractivity (Wildman–Crippen MR) is 171 cm³/mol. The number of rotatable bonds is 9. The average molecular weight is 674 g/mol. The molecule has 3 aromatic rings. The highest BCUT2D eigenvalue weighted by atomic mass is 32.2. The van der Waals surface area contributed by atoms with Gasteiger partial charge in [-0.25, -0.2) is 13.8 Å². The Hall–Kier alpha value is -3.52. The molecule has 7 heterocycles. The van der Waals surface area contributed by atoms with Crippen LogP contribution in [0, 0.1) is 17.1 Å². The molecule has 46 heavy (non-hydrogen) atoms. The van der Waals surface area contributed by atoms with Gasteiger partial charge in [-0.2, -0.15) is 19.6 Å². The van der Waals surface area contributed by atoms with E-state index >= 15 is 4.39 Å². The fraction of sp³-hybridized carbons (Fsp3) is 0.533. The molecule has 7 rings (SSSR count). The van der Waals surface area contributed by atoms with Crippen LogP contribution in [0.3, 0.4) is 0 Å². The van der Waals surface area contributed by atoms with Crippen LogP contribution < -0.4 is 26.0 Å². The quantitative estimate of drug-likeness (QED) is 0.330. The number of halogens is 3. The van der Waals surface area contributed by atoms with Gasteiger partial charge < -0.3 is 30.7 Å². The third-order valence-corrected chi connectivity index (χ3v) is 12.0. The lowest BCUT2D eigenvalue weighted by Crippen LogP contribution is -2.57. The van der Waals surface area contributed by atoms with Crippen molar-refractivity contribution >= 4 is 45.6 Å². The predicted octanol–water partition coefficient (Wildman–Crippen LogP) is 4.49. The zero-order chi connectivity index (χ0) is 32.2. The third-order valence-electron chi connectivity index (χ3n) is 9.38. The van der Waals surface area contributed by atoms with Gasteiger partial charge in [0.25, 0.3) is 6.43 Å². The van der Waals surface area contributed by atoms with Gasteiger partial charge in [-0.3, -0.25) is 4.90 Å². The molecule has 4 aliphatic heterocycles. The molecule has 0 saturated carbocycles. The summed E-state index contributed by atoms with van der Waals surface area (Å²) < 4.78 is 56.8. The van der Waals surface area contributed by atoms with Crippen molar-refractivity contribution in [2.24, 2.45) is 0 Å². The van der Waals surface area contributed by atoms with Gasteiger partial charge in [0.1, 0.15) is 23.5 Å². The highest BCUT2D eigenvalue weighted by Crippen LogP contribution is 2.58. The molecule has 1 spiro atoms. The summed E-state index contributed by atoms with van der Waals surface area (Å²) in [5, 5.41) is 10.3. The maximum Gasteiger partial charge on any atom is 0.320 e. The average Bonchev–Trinajstić information content (AvgIpc) is 3.70. The van der Waals surface area contributed by atoms with Gasteiger partial charge >= 0.3 is 6.01 Å². The molecule has 3 aromatic heterocycles. The lowest BCUT2D eigenvalue weighted by molar-refractivity contribution is -0.182. The van der Waals surface area contributed by atoms with Crippen LogP contribution >= 0.6 is 23.1 Å². The first-order valence-electron chi connectivity index (χ1n) is 15.2. The maximum atomic E-state index is 16.7. The summed E-state index contributed by atoms with van der Waals surface area (Å²) in [5.41, 5.74) is 13.5. The number of anilines is 4. The van der Waals surface area contributed by atoms with Crippen LogP contribution in [0.2, 0.25) is 0 Å². The van der Waals surface area contributed by atoms with Gasteiger partial charge in [0.2, 0.25) is 5.82 Å². The molecule has 3 fully saturated rings. The molecule has 0 aliphatic carbocycles. The summed E-state index contributed by atoms with van der Waals surface area (Å²) in [4.78, 5) is 19.2. The summed E-state index contributed by atoms with van der Waals surface area (Å²) in [6, 6.07) is 4.62. The number of hydrogen-bond acceptors (Lipinski definition) is 13. The molecule has 0 radical (unpaired) electrons. The zero-order valence-electron chi connectivity index (χ0n) is 25.2. The smallest absolute Gasteiger partial charge is 0.320 e. The SMILES string of the molecule is C[C@H](c1cccnc1N)N(CC(F)F)c1nc(OCC23CCCN2CCCO3)nc(N2CC3(C2)SCc2sc(N)c(C#N)c23)c1F. The molecular formula is C30H34F3N9O2S2. The largest absolute Gasteiger partial charge is 0.459 e. The Morgan fingerprint density at radius 1 is 1.24 bits per heavy atom. The summed E-state index contributed by atoms with van der Waals surface area (Å²) >= 11 is 3.10. The van der Waals surface area contributed by atoms with Crippen LogP contribution in [0.4, 0.5) is 35.6 Å². The molecule has 1 unspecified atom stereocenters. The molecule has 0 amide bonds. The number of fused-ring (bicyclic) bond motifs is 3. The number of nitrogen functional groups attached to an aromatic ring is 2. The minimum Gasteiger partial charge on any atom is -0.459 e. The molecule has 4 aliphatic rings. The standard InChI is InChI=1S/C30H34F3N9O2S2/c1-17(18-5-2-7-37-24(18)35)42(12-21(31)32)27-23(33)26(38-28(39-27)43-16-30-6-3-8-41(30)9-4-10-44-30)40-14-29(15-40)22-19(11-34)25(36)46-20(22)13-45-29/h2,5,7,17,21H,3-4,6,8-10,12-16,36H2,1H3,(H2,35,37)/t17-,30?/m1/s1. The van der Waals surface area contributed by atoms with E-state index in [1.807, 2.05) is 0 Å². The first-order valence-corrected chi connectivity index (χ1v) is 17.0. The monoisotopic (exact) mass is 673 g/mol. The van der Waals surface area contributed by atoms with Crippen molar-refractivity contribution in [3.05, 3.63) is 45.7 Å². The number of aromatic nitrogens is 3. The first-order chi connectivity index (χ1) is 22.1. The number of pyridine rings is 1. The lowest BCUT2D eigenvalue weighted by Gasteiger charge is -2.48. The first kappa shape index (κ1) is 31.1. The van der Waals surface area contributed by atoms with Gasteiger partial charge in [0.05, 0.1) is 29.5 Å². The van der Waals surface area contributed by atoms with Gasteiger partial charge in [-0.1, -0.05) is 6.07 Å². The topological polar surface area (TPSA) is 143 Å². The molecule has 3 saturated heterocycles. The summed E-state index contributed by atoms with van der Waals surface area (Å²) in [6.07, 6.45) is 1.33. The fourth-order valence-corrected chi connectivity index (χ4v) is 9.93. The van der Waals surface area contributed by atoms with Crippen LogP contribution in [0.15, 0.2) is 18.3 Å². The Labute approximate surface area is 272 Å². The van der Waals surface area contributed by atoms with Crippen LogP contribution in [-0.2, 0) is 15.2 Å². The van der Waals surface area contributed by atoms with E-state index in [9.17, 15) is 14.0 Å². The zero-order valence-corrected chi connectivity index (χ0v) is 26.9. The number of thioether (sulfide) groups is 1. The molecule has 2 atom stereocenters. The normalized spacial score (nSPS) is 22.4. The van der Waals surface area contributed by atoms with Crippen LogP contribution in [0.25, 0.3) is 0 Å². The third kappa shape index (κ3) is 5.17. The van der Waals surface area contributed by atoms with E-state index in [1.54, 1.807) is 35.7 Å². The van der Waals surface area contributed by atoms with E-state index < -0.39 is 35.3 Å². The van der Waals surface area contributed by atoms with Gasteiger partial charge in [0.15, 0.2) is 17.4 Å². The van der Waals surface area contributed by atoms with E-state index in [2.05, 4.69) is 25.9 Å². The number of nitriles is 1. The second-order valence-corrected chi connectivity index (χ2v) is 14.6. The number of alkyl halides is 2. The fourth-order valence-electron chi connectivity index (χ4n) is 7.12. The van der Waals surface area contributed by atoms with Crippen molar-refractivity contribution < 1.29 is 22.6 Å². The Balaban J connectivity index is 1.26. The van der Waals surface area contributed by atoms with Crippen LogP contribution in [0.5, 0.6) is 6.01 Å². The van der Waals surface area contributed by atoms with Crippen molar-refractivity contribution in [1.29, 1.82) is 5.26 Å². The Bertz CT molecular complexity index is 1680. The summed E-state index contributed by atoms with van der Waals surface area (Å²) in [5.74, 6) is -0.370. The number of thiophene rings is 1. The van der Waals surface area contributed by atoms with Gasteiger partial charge in [0, 0.05) is 54.1 Å². The second kappa shape index (κ2) is 11.9. The van der Waals surface area contributed by atoms with Gasteiger partial charge in [-0.05, 0) is 32.3 Å². The molecule has 244 valence electrons. The molecular weight excluding hydrogens is 640 g/mol. The Morgan fingerprint density at radius 2 is 2.04 bits per heavy atom.